The van der Waals surface area contributed by atoms with E-state index in [-0.39, 0.29) is 7.43 Å². The third-order valence-corrected chi connectivity index (χ3v) is 3.06. The van der Waals surface area contributed by atoms with E-state index in [2.05, 4.69) is 9.98 Å². The Kier molecular flexibility index (Phi) is 5.50. The number of rotatable bonds is 3. The Morgan fingerprint density at radius 3 is 1.43 bits per heavy atom. The van der Waals surface area contributed by atoms with Gasteiger partial charge in [-0.05, 0) is 60.4 Å². The summed E-state index contributed by atoms with van der Waals surface area (Å²) >= 11 is 0. The van der Waals surface area contributed by atoms with Gasteiger partial charge in [0.05, 0.1) is 11.4 Å². The summed E-state index contributed by atoms with van der Waals surface area (Å²) in [5.41, 5.74) is 5.05. The quantitative estimate of drug-likeness (QED) is 0.612. The molecule has 0 bridgehead atoms. The fraction of sp³-hybridized carbons (Fsp3) is 0.176. The molecule has 0 aromatic heterocycles. The maximum absolute atomic E-state index is 10.3. The summed E-state index contributed by atoms with van der Waals surface area (Å²) in [4.78, 5) is 27.9. The van der Waals surface area contributed by atoms with Crippen molar-refractivity contribution >= 4 is 23.5 Å². The zero-order chi connectivity index (χ0) is 14.5. The minimum absolute atomic E-state index is 0. The molecule has 2 rings (SSSR count). The van der Waals surface area contributed by atoms with Crippen LogP contribution in [0.4, 0.5) is 11.4 Å². The number of benzene rings is 2. The van der Waals surface area contributed by atoms with Crippen molar-refractivity contribution in [3.8, 4) is 11.1 Å². The lowest BCUT2D eigenvalue weighted by atomic mass is 10.00. The second kappa shape index (κ2) is 7.11. The molecule has 2 aromatic carbocycles. The van der Waals surface area contributed by atoms with Crippen molar-refractivity contribution in [3.05, 3.63) is 47.5 Å². The van der Waals surface area contributed by atoms with Crippen molar-refractivity contribution in [1.29, 1.82) is 0 Å². The molecule has 0 aliphatic carbocycles. The molecule has 0 unspecified atom stereocenters. The third-order valence-electron chi connectivity index (χ3n) is 3.06. The lowest BCUT2D eigenvalue weighted by Gasteiger charge is -2.07. The van der Waals surface area contributed by atoms with Gasteiger partial charge in [-0.2, -0.15) is 9.98 Å². The third kappa shape index (κ3) is 3.61. The van der Waals surface area contributed by atoms with Crippen molar-refractivity contribution in [1.82, 2.24) is 0 Å². The molecule has 0 saturated heterocycles. The number of aryl methyl sites for hydroxylation is 2. The molecular weight excluding hydrogens is 264 g/mol. The van der Waals surface area contributed by atoms with E-state index in [9.17, 15) is 9.59 Å². The van der Waals surface area contributed by atoms with E-state index in [4.69, 9.17) is 0 Å². The van der Waals surface area contributed by atoms with E-state index in [1.165, 1.54) is 0 Å². The van der Waals surface area contributed by atoms with Gasteiger partial charge < -0.3 is 0 Å². The van der Waals surface area contributed by atoms with Gasteiger partial charge in [0.15, 0.2) is 0 Å². The van der Waals surface area contributed by atoms with Crippen LogP contribution in [0.2, 0.25) is 0 Å². The van der Waals surface area contributed by atoms with Gasteiger partial charge in [0.2, 0.25) is 12.2 Å². The first-order chi connectivity index (χ1) is 9.65. The molecule has 0 atom stereocenters. The van der Waals surface area contributed by atoms with E-state index < -0.39 is 0 Å². The van der Waals surface area contributed by atoms with Crippen LogP contribution in [0.1, 0.15) is 18.6 Å². The minimum atomic E-state index is 0. The van der Waals surface area contributed by atoms with Crippen LogP contribution in [0, 0.1) is 13.8 Å². The number of isocyanates is 2. The molecule has 4 heteroatoms. The zero-order valence-electron chi connectivity index (χ0n) is 11.2. The highest BCUT2D eigenvalue weighted by molar-refractivity contribution is 5.71. The Labute approximate surface area is 123 Å². The smallest absolute Gasteiger partial charge is 0.211 e. The van der Waals surface area contributed by atoms with Crippen LogP contribution in [-0.4, -0.2) is 12.2 Å². The Morgan fingerprint density at radius 1 is 0.762 bits per heavy atom. The number of aliphatic imine (C=N–C) groups is 2. The highest BCUT2D eigenvalue weighted by Gasteiger charge is 2.04. The Morgan fingerprint density at radius 2 is 1.14 bits per heavy atom. The standard InChI is InChI=1S/C16H12N2O2.CH4/c1-11-7-13(3-5-15(11)17-9-19)14-4-6-16(18-10-20)12(2)8-14;/h3-8H,1-2H3;1H4. The normalized spacial score (nSPS) is 9.05. The predicted octanol–water partition coefficient (Wildman–Crippen LogP) is 4.54. The van der Waals surface area contributed by atoms with Crippen LogP contribution in [0.3, 0.4) is 0 Å². The molecule has 0 spiro atoms. The SMILES string of the molecule is C.Cc1cc(-c2ccc(N=C=O)c(C)c2)ccc1N=C=O. The van der Waals surface area contributed by atoms with E-state index in [1.54, 1.807) is 24.3 Å². The summed E-state index contributed by atoms with van der Waals surface area (Å²) in [6.45, 7) is 3.77. The maximum Gasteiger partial charge on any atom is 0.240 e. The molecule has 0 saturated carbocycles. The second-order valence-electron chi connectivity index (χ2n) is 4.41. The van der Waals surface area contributed by atoms with Crippen LogP contribution in [0.15, 0.2) is 46.4 Å². The first-order valence-corrected chi connectivity index (χ1v) is 6.03. The summed E-state index contributed by atoms with van der Waals surface area (Å²) in [6, 6.07) is 11.2. The van der Waals surface area contributed by atoms with Gasteiger partial charge in [-0.25, -0.2) is 9.59 Å². The molecule has 21 heavy (non-hydrogen) atoms. The van der Waals surface area contributed by atoms with Gasteiger partial charge in [-0.15, -0.1) is 0 Å². The molecule has 0 aliphatic rings. The average Bonchev–Trinajstić information content (AvgIpc) is 2.44. The Bertz CT molecular complexity index is 688. The number of nitrogens with zero attached hydrogens (tertiary/aromatic N) is 2. The van der Waals surface area contributed by atoms with E-state index in [0.29, 0.717) is 11.4 Å². The number of hydrogen-bond donors (Lipinski definition) is 0. The largest absolute Gasteiger partial charge is 0.240 e. The highest BCUT2D eigenvalue weighted by Crippen LogP contribution is 2.29. The average molecular weight is 280 g/mol. The number of carbonyl (C=O) groups excluding carboxylic acids is 2. The highest BCUT2D eigenvalue weighted by atomic mass is 16.1. The molecule has 0 aliphatic heterocycles. The monoisotopic (exact) mass is 280 g/mol. The first kappa shape index (κ1) is 16.3. The Hall–Kier alpha value is -2.80. The van der Waals surface area contributed by atoms with Crippen molar-refractivity contribution in [2.75, 3.05) is 0 Å². The van der Waals surface area contributed by atoms with Crippen LogP contribution in [-0.2, 0) is 9.59 Å². The van der Waals surface area contributed by atoms with Crippen molar-refractivity contribution in [2.24, 2.45) is 9.98 Å². The van der Waals surface area contributed by atoms with Crippen molar-refractivity contribution < 1.29 is 9.59 Å². The fourth-order valence-corrected chi connectivity index (χ4v) is 2.02. The van der Waals surface area contributed by atoms with Gasteiger partial charge >= 0.3 is 0 Å². The molecule has 0 N–H and O–H groups in total. The first-order valence-electron chi connectivity index (χ1n) is 6.03. The van der Waals surface area contributed by atoms with E-state index >= 15 is 0 Å². The van der Waals surface area contributed by atoms with Crippen molar-refractivity contribution in [2.45, 2.75) is 21.3 Å². The lowest BCUT2D eigenvalue weighted by Crippen LogP contribution is -1.83. The van der Waals surface area contributed by atoms with Gasteiger partial charge in [0.1, 0.15) is 0 Å². The van der Waals surface area contributed by atoms with Crippen LogP contribution < -0.4 is 0 Å². The topological polar surface area (TPSA) is 58.9 Å². The van der Waals surface area contributed by atoms with Gasteiger partial charge in [-0.3, -0.25) is 0 Å². The second-order valence-corrected chi connectivity index (χ2v) is 4.41. The van der Waals surface area contributed by atoms with E-state index in [1.807, 2.05) is 38.1 Å². The molecular formula is C17H16N2O2. The van der Waals surface area contributed by atoms with Gasteiger partial charge in [-0.1, -0.05) is 19.6 Å². The van der Waals surface area contributed by atoms with Gasteiger partial charge in [0, 0.05) is 0 Å². The molecule has 0 radical (unpaired) electrons. The minimum Gasteiger partial charge on any atom is -0.211 e. The summed E-state index contributed by atoms with van der Waals surface area (Å²) in [6.07, 6.45) is 3.08. The molecule has 2 aromatic rings. The summed E-state index contributed by atoms with van der Waals surface area (Å²) in [5.74, 6) is 0. The Balaban J connectivity index is 0.00000220. The fourth-order valence-electron chi connectivity index (χ4n) is 2.02. The molecule has 106 valence electrons. The maximum atomic E-state index is 10.3. The van der Waals surface area contributed by atoms with Crippen LogP contribution >= 0.6 is 0 Å². The zero-order valence-corrected chi connectivity index (χ0v) is 11.2. The van der Waals surface area contributed by atoms with E-state index in [0.717, 1.165) is 22.3 Å². The molecule has 0 fully saturated rings. The molecule has 4 nitrogen and oxygen atoms in total. The van der Waals surface area contributed by atoms with Gasteiger partial charge in [0.25, 0.3) is 0 Å². The van der Waals surface area contributed by atoms with Crippen LogP contribution in [0.25, 0.3) is 11.1 Å². The summed E-state index contributed by atoms with van der Waals surface area (Å²) in [5, 5.41) is 0. The molecule has 0 amide bonds. The summed E-state index contributed by atoms with van der Waals surface area (Å²) in [7, 11) is 0. The van der Waals surface area contributed by atoms with Crippen molar-refractivity contribution in [3.63, 3.8) is 0 Å². The van der Waals surface area contributed by atoms with Crippen LogP contribution in [0.5, 0.6) is 0 Å². The molecule has 0 heterocycles. The summed E-state index contributed by atoms with van der Waals surface area (Å²) < 4.78 is 0. The lowest BCUT2D eigenvalue weighted by molar-refractivity contribution is 0.564. The predicted molar refractivity (Wildman–Crippen MR) is 83.6 cm³/mol. The number of hydrogen-bond acceptors (Lipinski definition) is 4.